The van der Waals surface area contributed by atoms with Crippen molar-refractivity contribution in [3.05, 3.63) is 22.3 Å². The number of carbonyl (C=O) groups is 3. The van der Waals surface area contributed by atoms with E-state index in [2.05, 4.69) is 0 Å². The second kappa shape index (κ2) is 6.02. The average Bonchev–Trinajstić information content (AvgIpc) is 2.38. The van der Waals surface area contributed by atoms with Gasteiger partial charge in [0.2, 0.25) is 0 Å². The number of hydrogen-bond acceptors (Lipinski definition) is 7. The number of phenolic OH excluding ortho intramolecular Hbond substituents is 2. The van der Waals surface area contributed by atoms with Crippen molar-refractivity contribution in [2.24, 2.45) is 5.73 Å². The van der Waals surface area contributed by atoms with Crippen molar-refractivity contribution in [1.82, 2.24) is 0 Å². The monoisotopic (exact) mass is 295 g/mol. The molecule has 7 heteroatoms. The van der Waals surface area contributed by atoms with Crippen LogP contribution in [0.25, 0.3) is 0 Å². The fourth-order valence-electron chi connectivity index (χ4n) is 2.26. The summed E-state index contributed by atoms with van der Waals surface area (Å²) < 4.78 is 0. The fraction of sp³-hybridized carbons (Fsp3) is 0.357. The Bertz CT molecular complexity index is 635. The first-order valence-corrected chi connectivity index (χ1v) is 6.17. The summed E-state index contributed by atoms with van der Waals surface area (Å²) in [4.78, 5) is 35.2. The molecule has 0 heterocycles. The molecule has 114 valence electrons. The molecule has 5 N–H and O–H groups in total. The van der Waals surface area contributed by atoms with Gasteiger partial charge >= 0.3 is 0 Å². The summed E-state index contributed by atoms with van der Waals surface area (Å²) in [5, 5.41) is 29.8. The normalized spacial score (nSPS) is 12.0. The zero-order valence-corrected chi connectivity index (χ0v) is 11.9. The van der Waals surface area contributed by atoms with E-state index in [1.807, 2.05) is 0 Å². The van der Waals surface area contributed by atoms with Crippen molar-refractivity contribution in [2.45, 2.75) is 26.9 Å². The Morgan fingerprint density at radius 3 is 1.62 bits per heavy atom. The second-order valence-corrected chi connectivity index (χ2v) is 4.66. The Hall–Kier alpha value is -2.25. The first kappa shape index (κ1) is 16.8. The molecule has 1 aromatic rings. The van der Waals surface area contributed by atoms with Crippen molar-refractivity contribution in [2.75, 3.05) is 6.54 Å². The predicted octanol–water partition coefficient (Wildman–Crippen LogP) is 0.698. The van der Waals surface area contributed by atoms with Crippen LogP contribution in [0, 0.1) is 0 Å². The Balaban J connectivity index is 4.08. The molecule has 1 atom stereocenters. The van der Waals surface area contributed by atoms with Gasteiger partial charge < -0.3 is 21.1 Å². The van der Waals surface area contributed by atoms with Crippen LogP contribution < -0.4 is 5.73 Å². The smallest absolute Gasteiger partial charge is 0.169 e. The molecule has 0 aliphatic heterocycles. The standard InChI is InChI=1S/C14H17NO6/c1-5(16)9-10(6(2)17)13(20)14(21)11(7(3)18)12(9)8(19)4-15/h8,19-21H,4,15H2,1-3H3/t8-/m1/s1. The predicted molar refractivity (Wildman–Crippen MR) is 73.8 cm³/mol. The summed E-state index contributed by atoms with van der Waals surface area (Å²) in [6.07, 6.45) is -1.44. The van der Waals surface area contributed by atoms with Gasteiger partial charge in [-0.2, -0.15) is 0 Å². The molecule has 0 saturated heterocycles. The van der Waals surface area contributed by atoms with Gasteiger partial charge in [-0.15, -0.1) is 0 Å². The Morgan fingerprint density at radius 2 is 1.29 bits per heavy atom. The third kappa shape index (κ3) is 2.79. The molecule has 0 bridgehead atoms. The van der Waals surface area contributed by atoms with Gasteiger partial charge in [0.25, 0.3) is 0 Å². The third-order valence-corrected chi connectivity index (χ3v) is 3.10. The first-order chi connectivity index (χ1) is 9.64. The van der Waals surface area contributed by atoms with Crippen molar-refractivity contribution in [3.63, 3.8) is 0 Å². The van der Waals surface area contributed by atoms with Crippen LogP contribution >= 0.6 is 0 Å². The van der Waals surface area contributed by atoms with Gasteiger partial charge in [-0.3, -0.25) is 14.4 Å². The Labute approximate surface area is 121 Å². The average molecular weight is 295 g/mol. The van der Waals surface area contributed by atoms with Crippen molar-refractivity contribution in [1.29, 1.82) is 0 Å². The van der Waals surface area contributed by atoms with E-state index in [9.17, 15) is 29.7 Å². The minimum atomic E-state index is -1.44. The van der Waals surface area contributed by atoms with Crippen LogP contribution in [0.1, 0.15) is 63.5 Å². The summed E-state index contributed by atoms with van der Waals surface area (Å²) >= 11 is 0. The zero-order valence-electron chi connectivity index (χ0n) is 11.9. The Morgan fingerprint density at radius 1 is 0.905 bits per heavy atom. The molecule has 1 rings (SSSR count). The number of Topliss-reactive ketones (excluding diaryl/α,β-unsaturated/α-hetero) is 3. The van der Waals surface area contributed by atoms with Crippen LogP contribution in [0.5, 0.6) is 11.5 Å². The fourth-order valence-corrected chi connectivity index (χ4v) is 2.26. The zero-order chi connectivity index (χ0) is 16.5. The number of carbonyl (C=O) groups excluding carboxylic acids is 3. The quantitative estimate of drug-likeness (QED) is 0.463. The summed E-state index contributed by atoms with van der Waals surface area (Å²) in [6.45, 7) is 2.97. The van der Waals surface area contributed by atoms with Crippen LogP contribution in [-0.4, -0.2) is 39.2 Å². The molecule has 0 unspecified atom stereocenters. The summed E-state index contributed by atoms with van der Waals surface area (Å²) in [5.41, 5.74) is 3.96. The molecule has 7 nitrogen and oxygen atoms in total. The first-order valence-electron chi connectivity index (χ1n) is 6.17. The van der Waals surface area contributed by atoms with E-state index in [0.29, 0.717) is 0 Å². The molecular formula is C14H17NO6. The summed E-state index contributed by atoms with van der Waals surface area (Å²) in [7, 11) is 0. The highest BCUT2D eigenvalue weighted by molar-refractivity contribution is 6.14. The maximum atomic E-state index is 11.8. The van der Waals surface area contributed by atoms with Gasteiger partial charge in [0.1, 0.15) is 0 Å². The number of benzene rings is 1. The van der Waals surface area contributed by atoms with E-state index in [4.69, 9.17) is 5.73 Å². The lowest BCUT2D eigenvalue weighted by molar-refractivity contribution is 0.0965. The van der Waals surface area contributed by atoms with E-state index < -0.39 is 46.1 Å². The number of phenols is 2. The van der Waals surface area contributed by atoms with Gasteiger partial charge in [-0.1, -0.05) is 0 Å². The van der Waals surface area contributed by atoms with Gasteiger partial charge in [-0.25, -0.2) is 0 Å². The molecule has 0 aliphatic carbocycles. The molecule has 1 aromatic carbocycles. The molecule has 0 spiro atoms. The SMILES string of the molecule is CC(=O)c1c(O)c(O)c(C(C)=O)c([C@H](O)CN)c1C(C)=O. The van der Waals surface area contributed by atoms with Crippen LogP contribution in [0.3, 0.4) is 0 Å². The molecule has 0 aromatic heterocycles. The van der Waals surface area contributed by atoms with Crippen LogP contribution in [0.15, 0.2) is 0 Å². The number of ketones is 3. The van der Waals surface area contributed by atoms with Crippen molar-refractivity contribution >= 4 is 17.3 Å². The maximum Gasteiger partial charge on any atom is 0.169 e. The van der Waals surface area contributed by atoms with Crippen molar-refractivity contribution < 1.29 is 29.7 Å². The number of aliphatic hydroxyl groups excluding tert-OH is 1. The van der Waals surface area contributed by atoms with Crippen molar-refractivity contribution in [3.8, 4) is 11.5 Å². The van der Waals surface area contributed by atoms with Crippen LogP contribution in [-0.2, 0) is 0 Å². The third-order valence-electron chi connectivity index (χ3n) is 3.10. The van der Waals surface area contributed by atoms with Crippen LogP contribution in [0.2, 0.25) is 0 Å². The van der Waals surface area contributed by atoms with E-state index in [1.54, 1.807) is 0 Å². The minimum Gasteiger partial charge on any atom is -0.504 e. The van der Waals surface area contributed by atoms with E-state index in [1.165, 1.54) is 0 Å². The second-order valence-electron chi connectivity index (χ2n) is 4.66. The molecule has 21 heavy (non-hydrogen) atoms. The molecule has 0 radical (unpaired) electrons. The molecular weight excluding hydrogens is 278 g/mol. The van der Waals surface area contributed by atoms with E-state index in [0.717, 1.165) is 20.8 Å². The number of aromatic hydroxyl groups is 2. The Kier molecular flexibility index (Phi) is 4.82. The van der Waals surface area contributed by atoms with Gasteiger partial charge in [0.05, 0.1) is 17.2 Å². The summed E-state index contributed by atoms with van der Waals surface area (Å²) in [6, 6.07) is 0. The van der Waals surface area contributed by atoms with Crippen LogP contribution in [0.4, 0.5) is 0 Å². The number of rotatable bonds is 5. The molecule has 0 saturated carbocycles. The lowest BCUT2D eigenvalue weighted by atomic mass is 9.86. The highest BCUT2D eigenvalue weighted by atomic mass is 16.3. The van der Waals surface area contributed by atoms with Gasteiger partial charge in [0, 0.05) is 17.7 Å². The lowest BCUT2D eigenvalue weighted by Crippen LogP contribution is -2.21. The lowest BCUT2D eigenvalue weighted by Gasteiger charge is -2.21. The number of aliphatic hydroxyl groups is 1. The highest BCUT2D eigenvalue weighted by Gasteiger charge is 2.32. The van der Waals surface area contributed by atoms with Gasteiger partial charge in [-0.05, 0) is 20.8 Å². The van der Waals surface area contributed by atoms with E-state index in [-0.39, 0.29) is 17.7 Å². The number of nitrogens with two attached hydrogens (primary N) is 1. The van der Waals surface area contributed by atoms with Gasteiger partial charge in [0.15, 0.2) is 28.8 Å². The largest absolute Gasteiger partial charge is 0.504 e. The molecule has 0 amide bonds. The molecule has 0 fully saturated rings. The molecule has 0 aliphatic rings. The number of hydrogen-bond donors (Lipinski definition) is 4. The minimum absolute atomic E-state index is 0.238. The topological polar surface area (TPSA) is 138 Å². The highest BCUT2D eigenvalue weighted by Crippen LogP contribution is 2.41. The van der Waals surface area contributed by atoms with E-state index >= 15 is 0 Å². The summed E-state index contributed by atoms with van der Waals surface area (Å²) in [5.74, 6) is -3.71. The maximum absolute atomic E-state index is 11.8.